The molecule has 11 nitrogen and oxygen atoms in total. The van der Waals surface area contributed by atoms with Crippen molar-refractivity contribution in [2.75, 3.05) is 14.1 Å². The molecule has 33 heavy (non-hydrogen) atoms. The molecule has 3 rings (SSSR count). The molecule has 1 aromatic carbocycles. The molecule has 0 aliphatic rings. The predicted molar refractivity (Wildman–Crippen MR) is 122 cm³/mol. The van der Waals surface area contributed by atoms with Crippen molar-refractivity contribution in [1.82, 2.24) is 23.4 Å². The summed E-state index contributed by atoms with van der Waals surface area (Å²) in [5, 5.41) is -0.0279. The Bertz CT molecular complexity index is 1440. The highest BCUT2D eigenvalue weighted by atomic mass is 35.5. The van der Waals surface area contributed by atoms with Crippen LogP contribution in [0, 0.1) is 0 Å². The Labute approximate surface area is 194 Å². The summed E-state index contributed by atoms with van der Waals surface area (Å²) in [5.41, 5.74) is -0.777. The molecule has 0 atom stereocenters. The van der Waals surface area contributed by atoms with Crippen molar-refractivity contribution in [1.29, 1.82) is 0 Å². The first-order valence-corrected chi connectivity index (χ1v) is 11.9. The number of aromatic nitrogens is 4. The number of aryl methyl sites for hydroxylation is 2. The second kappa shape index (κ2) is 9.49. The van der Waals surface area contributed by atoms with Gasteiger partial charge in [-0.05, 0) is 24.6 Å². The van der Waals surface area contributed by atoms with Crippen LogP contribution in [0.5, 0.6) is 0 Å². The van der Waals surface area contributed by atoms with E-state index >= 15 is 0 Å². The lowest BCUT2D eigenvalue weighted by Gasteiger charge is -2.13. The number of rotatable bonds is 8. The van der Waals surface area contributed by atoms with Crippen LogP contribution in [-0.2, 0) is 35.0 Å². The number of carbonyl (C=O) groups is 1. The molecule has 0 aliphatic carbocycles. The number of sulfonamides is 1. The van der Waals surface area contributed by atoms with E-state index in [-0.39, 0.29) is 39.1 Å². The van der Waals surface area contributed by atoms with Gasteiger partial charge in [0, 0.05) is 27.7 Å². The van der Waals surface area contributed by atoms with Crippen molar-refractivity contribution in [3.8, 4) is 0 Å². The second-order valence-electron chi connectivity index (χ2n) is 7.53. The lowest BCUT2D eigenvalue weighted by molar-refractivity contribution is 0.0459. The molecule has 2 aromatic heterocycles. The first kappa shape index (κ1) is 24.7. The molecule has 0 saturated carbocycles. The van der Waals surface area contributed by atoms with Crippen LogP contribution in [0.2, 0.25) is 5.02 Å². The number of H-pyrrole nitrogens is 1. The average Bonchev–Trinajstić information content (AvgIpc) is 3.08. The molecule has 0 unspecified atom stereocenters. The first-order chi connectivity index (χ1) is 15.5. The highest BCUT2D eigenvalue weighted by Gasteiger charge is 2.23. The molecule has 3 aromatic rings. The summed E-state index contributed by atoms with van der Waals surface area (Å²) in [6, 6.07) is 3.79. The maximum Gasteiger partial charge on any atom is 0.338 e. The van der Waals surface area contributed by atoms with Crippen LogP contribution in [-0.4, -0.2) is 51.9 Å². The fourth-order valence-electron chi connectivity index (χ4n) is 3.18. The molecule has 0 radical (unpaired) electrons. The number of halogens is 1. The first-order valence-electron chi connectivity index (χ1n) is 10.1. The Kier molecular flexibility index (Phi) is 7.10. The zero-order chi connectivity index (χ0) is 24.5. The largest absolute Gasteiger partial charge is 0.454 e. The fourth-order valence-corrected chi connectivity index (χ4v) is 4.58. The van der Waals surface area contributed by atoms with Crippen LogP contribution in [0.25, 0.3) is 11.2 Å². The number of hydrogen-bond donors (Lipinski definition) is 1. The van der Waals surface area contributed by atoms with Crippen molar-refractivity contribution < 1.29 is 17.9 Å². The fraction of sp³-hybridized carbons (Fsp3) is 0.400. The minimum Gasteiger partial charge on any atom is -0.454 e. The van der Waals surface area contributed by atoms with Crippen LogP contribution in [0.15, 0.2) is 32.7 Å². The third-order valence-electron chi connectivity index (χ3n) is 5.10. The Morgan fingerprint density at radius 2 is 1.97 bits per heavy atom. The van der Waals surface area contributed by atoms with E-state index in [1.165, 1.54) is 35.4 Å². The van der Waals surface area contributed by atoms with Crippen LogP contribution in [0.4, 0.5) is 0 Å². The number of ether oxygens (including phenoxy) is 1. The smallest absolute Gasteiger partial charge is 0.338 e. The summed E-state index contributed by atoms with van der Waals surface area (Å²) in [5.74, 6) is -0.555. The van der Waals surface area contributed by atoms with Gasteiger partial charge < -0.3 is 9.30 Å². The number of carbonyl (C=O) groups excluding carboxylic acids is 1. The number of nitrogens with zero attached hydrogens (tertiary/aromatic N) is 4. The lowest BCUT2D eigenvalue weighted by atomic mass is 10.2. The Morgan fingerprint density at radius 1 is 1.27 bits per heavy atom. The summed E-state index contributed by atoms with van der Waals surface area (Å²) < 4.78 is 34.0. The number of unbranched alkanes of at least 4 members (excludes halogenated alkanes) is 1. The topological polar surface area (TPSA) is 136 Å². The van der Waals surface area contributed by atoms with Crippen molar-refractivity contribution in [3.05, 3.63) is 55.4 Å². The van der Waals surface area contributed by atoms with Gasteiger partial charge in [0.2, 0.25) is 10.0 Å². The van der Waals surface area contributed by atoms with E-state index in [1.807, 2.05) is 6.92 Å². The SMILES string of the molecule is CCCCn1c(=O)[nH]c(=O)c2c1nc(COC(=O)c1ccc(Cl)c(S(=O)(=O)N(C)C)c1)n2C. The van der Waals surface area contributed by atoms with Crippen LogP contribution in [0.3, 0.4) is 0 Å². The number of hydrogen-bond acceptors (Lipinski definition) is 7. The monoisotopic (exact) mass is 497 g/mol. The van der Waals surface area contributed by atoms with E-state index in [0.29, 0.717) is 6.54 Å². The second-order valence-corrected chi connectivity index (χ2v) is 10.1. The molecule has 2 heterocycles. The van der Waals surface area contributed by atoms with Crippen LogP contribution < -0.4 is 11.2 Å². The van der Waals surface area contributed by atoms with Crippen molar-refractivity contribution in [2.45, 2.75) is 37.8 Å². The van der Waals surface area contributed by atoms with Gasteiger partial charge in [0.05, 0.1) is 10.6 Å². The normalized spacial score (nSPS) is 11.9. The van der Waals surface area contributed by atoms with Gasteiger partial charge in [-0.3, -0.25) is 14.3 Å². The number of benzene rings is 1. The lowest BCUT2D eigenvalue weighted by Crippen LogP contribution is -2.31. The third kappa shape index (κ3) is 4.72. The third-order valence-corrected chi connectivity index (χ3v) is 7.40. The van der Waals surface area contributed by atoms with Crippen molar-refractivity contribution in [2.24, 2.45) is 7.05 Å². The van der Waals surface area contributed by atoms with Gasteiger partial charge in [0.15, 0.2) is 11.2 Å². The van der Waals surface area contributed by atoms with E-state index in [0.717, 1.165) is 23.2 Å². The molecule has 0 spiro atoms. The molecular weight excluding hydrogens is 474 g/mol. The van der Waals surface area contributed by atoms with Gasteiger partial charge in [-0.1, -0.05) is 24.9 Å². The van der Waals surface area contributed by atoms with Crippen molar-refractivity contribution >= 4 is 38.8 Å². The highest BCUT2D eigenvalue weighted by Crippen LogP contribution is 2.25. The maximum absolute atomic E-state index is 12.6. The van der Waals surface area contributed by atoms with Gasteiger partial charge >= 0.3 is 11.7 Å². The highest BCUT2D eigenvalue weighted by molar-refractivity contribution is 7.89. The standard InChI is InChI=1S/C20H24ClN5O6S/c1-5-6-9-26-17-16(18(27)23-20(26)29)25(4)15(22-17)11-32-19(28)12-7-8-13(21)14(10-12)33(30,31)24(2)3/h7-8,10H,5-6,9,11H2,1-4H3,(H,23,27,29). The molecule has 0 fully saturated rings. The summed E-state index contributed by atoms with van der Waals surface area (Å²) in [6.07, 6.45) is 1.56. The van der Waals surface area contributed by atoms with Gasteiger partial charge in [-0.15, -0.1) is 0 Å². The van der Waals surface area contributed by atoms with Crippen molar-refractivity contribution in [3.63, 3.8) is 0 Å². The molecule has 0 bridgehead atoms. The predicted octanol–water partition coefficient (Wildman–Crippen LogP) is 1.48. The van der Waals surface area contributed by atoms with Gasteiger partial charge in [-0.2, -0.15) is 0 Å². The molecule has 0 saturated heterocycles. The van der Waals surface area contributed by atoms with E-state index < -0.39 is 27.2 Å². The Morgan fingerprint density at radius 3 is 2.61 bits per heavy atom. The molecule has 0 amide bonds. The minimum atomic E-state index is -3.87. The maximum atomic E-state index is 12.6. The van der Waals surface area contributed by atoms with Gasteiger partial charge in [0.1, 0.15) is 17.3 Å². The van der Waals surface area contributed by atoms with Gasteiger partial charge in [-0.25, -0.2) is 27.3 Å². The number of nitrogens with one attached hydrogen (secondary N) is 1. The summed E-state index contributed by atoms with van der Waals surface area (Å²) >= 11 is 6.02. The number of aromatic amines is 1. The summed E-state index contributed by atoms with van der Waals surface area (Å²) in [4.78, 5) is 43.6. The van der Waals surface area contributed by atoms with Crippen LogP contribution >= 0.6 is 11.6 Å². The van der Waals surface area contributed by atoms with Gasteiger partial charge in [0.25, 0.3) is 5.56 Å². The molecule has 0 aliphatic heterocycles. The molecule has 1 N–H and O–H groups in total. The minimum absolute atomic E-state index is 0.0173. The molecular formula is C20H24ClN5O6S. The van der Waals surface area contributed by atoms with E-state index in [1.54, 1.807) is 7.05 Å². The Hall–Kier alpha value is -2.96. The van der Waals surface area contributed by atoms with E-state index in [2.05, 4.69) is 9.97 Å². The van der Waals surface area contributed by atoms with E-state index in [4.69, 9.17) is 16.3 Å². The number of esters is 1. The number of imidazole rings is 1. The Balaban J connectivity index is 1.92. The zero-order valence-corrected chi connectivity index (χ0v) is 20.2. The van der Waals surface area contributed by atoms with Crippen LogP contribution in [0.1, 0.15) is 35.9 Å². The van der Waals surface area contributed by atoms with E-state index in [9.17, 15) is 22.8 Å². The zero-order valence-electron chi connectivity index (χ0n) is 18.6. The summed E-state index contributed by atoms with van der Waals surface area (Å²) in [6.45, 7) is 2.06. The summed E-state index contributed by atoms with van der Waals surface area (Å²) in [7, 11) is 0.409. The molecule has 13 heteroatoms. The molecule has 178 valence electrons. The average molecular weight is 498 g/mol. The quantitative estimate of drug-likeness (QED) is 0.465. The number of fused-ring (bicyclic) bond motifs is 1.